The Morgan fingerprint density at radius 1 is 1.42 bits per heavy atom. The van der Waals surface area contributed by atoms with Crippen LogP contribution in [0.5, 0.6) is 0 Å². The van der Waals surface area contributed by atoms with Crippen LogP contribution >= 0.6 is 49.9 Å². The van der Waals surface area contributed by atoms with Crippen LogP contribution in [0.1, 0.15) is 27.3 Å². The van der Waals surface area contributed by atoms with Crippen molar-refractivity contribution in [3.63, 3.8) is 0 Å². The molecule has 124 valence electrons. The third kappa shape index (κ3) is 4.12. The first-order valence-electron chi connectivity index (χ1n) is 7.16. The van der Waals surface area contributed by atoms with E-state index < -0.39 is 0 Å². The number of Topliss-reactive ketones (excluding diaryl/α,β-unsaturated/α-hetero) is 1. The monoisotopic (exact) mass is 518 g/mol. The minimum absolute atomic E-state index is 0.0486. The number of carbonyl (C=O) groups excluding carboxylic acids is 1. The van der Waals surface area contributed by atoms with Gasteiger partial charge in [0.2, 0.25) is 0 Å². The second-order valence-corrected chi connectivity index (χ2v) is 8.84. The van der Waals surface area contributed by atoms with E-state index in [2.05, 4.69) is 43.5 Å². The van der Waals surface area contributed by atoms with Gasteiger partial charge in [-0.3, -0.25) is 4.79 Å². The van der Waals surface area contributed by atoms with Gasteiger partial charge in [-0.2, -0.15) is 0 Å². The zero-order chi connectivity index (χ0) is 17.3. The summed E-state index contributed by atoms with van der Waals surface area (Å²) in [7, 11) is 0. The summed E-state index contributed by atoms with van der Waals surface area (Å²) in [6.07, 6.45) is 1.97. The van der Waals surface area contributed by atoms with E-state index in [1.807, 2.05) is 35.2 Å². The van der Waals surface area contributed by atoms with Gasteiger partial charge in [-0.05, 0) is 74.8 Å². The SMILES string of the molecule is Cc1cc(C(=O)Cc2ccc(I)cc2F)n(Cc2csc(Br)n2)c1. The Balaban J connectivity index is 1.84. The van der Waals surface area contributed by atoms with Gasteiger partial charge in [0.05, 0.1) is 17.9 Å². The van der Waals surface area contributed by atoms with Crippen LogP contribution in [0.4, 0.5) is 4.39 Å². The number of aromatic nitrogens is 2. The van der Waals surface area contributed by atoms with E-state index in [4.69, 9.17) is 0 Å². The van der Waals surface area contributed by atoms with Gasteiger partial charge in [0.1, 0.15) is 5.82 Å². The summed E-state index contributed by atoms with van der Waals surface area (Å²) in [4.78, 5) is 17.0. The van der Waals surface area contributed by atoms with E-state index in [0.717, 1.165) is 18.7 Å². The Bertz CT molecular complexity index is 906. The number of thiazole rings is 1. The summed E-state index contributed by atoms with van der Waals surface area (Å²) < 4.78 is 17.5. The first kappa shape index (κ1) is 17.8. The smallest absolute Gasteiger partial charge is 0.183 e. The Morgan fingerprint density at radius 2 is 2.21 bits per heavy atom. The lowest BCUT2D eigenvalue weighted by Gasteiger charge is -2.08. The molecule has 0 unspecified atom stereocenters. The van der Waals surface area contributed by atoms with Crippen molar-refractivity contribution in [2.75, 3.05) is 0 Å². The highest BCUT2D eigenvalue weighted by atomic mass is 127. The standard InChI is InChI=1S/C17H13BrFIN2OS/c1-10-4-15(22(7-10)8-13-9-24-17(18)21-13)16(23)5-11-2-3-12(20)6-14(11)19/h2-4,6-7,9H,5,8H2,1H3. The van der Waals surface area contributed by atoms with Crippen molar-refractivity contribution in [1.29, 1.82) is 0 Å². The molecule has 1 aromatic carbocycles. The van der Waals surface area contributed by atoms with Crippen molar-refractivity contribution in [1.82, 2.24) is 9.55 Å². The lowest BCUT2D eigenvalue weighted by Crippen LogP contribution is -2.12. The third-order valence-corrected chi connectivity index (χ3v) is 5.63. The molecule has 0 saturated heterocycles. The van der Waals surface area contributed by atoms with Gasteiger partial charge in [0, 0.05) is 21.6 Å². The molecule has 3 aromatic rings. The molecule has 2 heterocycles. The molecule has 0 N–H and O–H groups in total. The van der Waals surface area contributed by atoms with Crippen molar-refractivity contribution in [2.45, 2.75) is 19.9 Å². The van der Waals surface area contributed by atoms with E-state index >= 15 is 0 Å². The zero-order valence-corrected chi connectivity index (χ0v) is 17.3. The summed E-state index contributed by atoms with van der Waals surface area (Å²) >= 11 is 6.90. The molecule has 0 bridgehead atoms. The topological polar surface area (TPSA) is 34.9 Å². The molecule has 0 aliphatic rings. The predicted molar refractivity (Wildman–Crippen MR) is 105 cm³/mol. The Hall–Kier alpha value is -1.06. The summed E-state index contributed by atoms with van der Waals surface area (Å²) in [5.74, 6) is -0.439. The maximum atomic E-state index is 14.0. The van der Waals surface area contributed by atoms with E-state index in [9.17, 15) is 9.18 Å². The molecular formula is C17H13BrFIN2OS. The second-order valence-electron chi connectivity index (χ2n) is 5.46. The van der Waals surface area contributed by atoms with E-state index in [0.29, 0.717) is 17.8 Å². The van der Waals surface area contributed by atoms with Crippen molar-refractivity contribution in [3.8, 4) is 0 Å². The molecule has 0 fully saturated rings. The molecule has 0 atom stereocenters. The molecule has 0 amide bonds. The number of aryl methyl sites for hydroxylation is 1. The average Bonchev–Trinajstić information content (AvgIpc) is 3.08. The van der Waals surface area contributed by atoms with Gasteiger partial charge < -0.3 is 4.57 Å². The Morgan fingerprint density at radius 3 is 2.88 bits per heavy atom. The number of hydrogen-bond acceptors (Lipinski definition) is 3. The second kappa shape index (κ2) is 7.45. The predicted octanol–water partition coefficient (Wildman–Crippen LogP) is 5.23. The molecule has 24 heavy (non-hydrogen) atoms. The van der Waals surface area contributed by atoms with Gasteiger partial charge in [0.25, 0.3) is 0 Å². The van der Waals surface area contributed by atoms with Gasteiger partial charge in [-0.15, -0.1) is 11.3 Å². The van der Waals surface area contributed by atoms with E-state index in [-0.39, 0.29) is 18.0 Å². The van der Waals surface area contributed by atoms with Crippen molar-refractivity contribution >= 4 is 55.6 Å². The molecule has 0 radical (unpaired) electrons. The van der Waals surface area contributed by atoms with Crippen molar-refractivity contribution < 1.29 is 9.18 Å². The molecular weight excluding hydrogens is 506 g/mol. The van der Waals surface area contributed by atoms with Gasteiger partial charge >= 0.3 is 0 Å². The third-order valence-electron chi connectivity index (χ3n) is 3.54. The van der Waals surface area contributed by atoms with E-state index in [1.165, 1.54) is 17.4 Å². The molecule has 7 heteroatoms. The normalized spacial score (nSPS) is 11.0. The minimum Gasteiger partial charge on any atom is -0.339 e. The molecule has 0 aliphatic heterocycles. The number of halogens is 3. The van der Waals surface area contributed by atoms with E-state index in [1.54, 1.807) is 6.07 Å². The Labute approximate surface area is 165 Å². The highest BCUT2D eigenvalue weighted by Gasteiger charge is 2.16. The maximum absolute atomic E-state index is 14.0. The van der Waals surface area contributed by atoms with Crippen molar-refractivity contribution in [2.24, 2.45) is 0 Å². The molecule has 2 aromatic heterocycles. The van der Waals surface area contributed by atoms with Gasteiger partial charge in [0.15, 0.2) is 9.70 Å². The molecule has 3 nitrogen and oxygen atoms in total. The summed E-state index contributed by atoms with van der Waals surface area (Å²) in [6, 6.07) is 6.77. The van der Waals surface area contributed by atoms with Gasteiger partial charge in [-0.1, -0.05) is 6.07 Å². The highest BCUT2D eigenvalue weighted by molar-refractivity contribution is 14.1. The lowest BCUT2D eigenvalue weighted by molar-refractivity contribution is 0.0983. The summed E-state index contributed by atoms with van der Waals surface area (Å²) in [5.41, 5.74) is 2.88. The molecule has 3 rings (SSSR count). The number of benzene rings is 1. The average molecular weight is 519 g/mol. The fourth-order valence-corrected chi connectivity index (χ4v) is 3.97. The molecule has 0 aliphatic carbocycles. The largest absolute Gasteiger partial charge is 0.339 e. The van der Waals surface area contributed by atoms with Crippen LogP contribution in [-0.2, 0) is 13.0 Å². The van der Waals surface area contributed by atoms with Crippen LogP contribution in [0.2, 0.25) is 0 Å². The molecule has 0 spiro atoms. The number of ketones is 1. The van der Waals surface area contributed by atoms with Crippen LogP contribution in [0.15, 0.2) is 39.8 Å². The van der Waals surface area contributed by atoms with Crippen LogP contribution in [0, 0.1) is 16.3 Å². The summed E-state index contributed by atoms with van der Waals surface area (Å²) in [6.45, 7) is 2.46. The molecule has 0 saturated carbocycles. The number of rotatable bonds is 5. The highest BCUT2D eigenvalue weighted by Crippen LogP contribution is 2.20. The number of carbonyl (C=O) groups is 1. The minimum atomic E-state index is -0.339. The summed E-state index contributed by atoms with van der Waals surface area (Å²) in [5, 5.41) is 1.95. The van der Waals surface area contributed by atoms with Crippen LogP contribution in [0.25, 0.3) is 0 Å². The fraction of sp³-hybridized carbons (Fsp3) is 0.176. The lowest BCUT2D eigenvalue weighted by atomic mass is 10.1. The number of nitrogens with zero attached hydrogens (tertiary/aromatic N) is 2. The van der Waals surface area contributed by atoms with Crippen LogP contribution in [0.3, 0.4) is 0 Å². The van der Waals surface area contributed by atoms with Crippen molar-refractivity contribution in [3.05, 3.63) is 71.7 Å². The number of hydrogen-bond donors (Lipinski definition) is 0. The maximum Gasteiger partial charge on any atom is 0.183 e. The first-order valence-corrected chi connectivity index (χ1v) is 9.91. The van der Waals surface area contributed by atoms with Gasteiger partial charge in [-0.25, -0.2) is 9.37 Å². The fourth-order valence-electron chi connectivity index (χ4n) is 2.48. The quantitative estimate of drug-likeness (QED) is 0.342. The zero-order valence-electron chi connectivity index (χ0n) is 12.7. The van der Waals surface area contributed by atoms with Crippen LogP contribution in [-0.4, -0.2) is 15.3 Å². The Kier molecular flexibility index (Phi) is 5.51. The first-order chi connectivity index (χ1) is 11.4. The van der Waals surface area contributed by atoms with Crippen LogP contribution < -0.4 is 0 Å².